The predicted octanol–water partition coefficient (Wildman–Crippen LogP) is 1.26. The van der Waals surface area contributed by atoms with E-state index in [0.717, 1.165) is 5.69 Å². The second-order valence-corrected chi connectivity index (χ2v) is 3.27. The molecule has 0 saturated heterocycles. The Morgan fingerprint density at radius 2 is 1.88 bits per heavy atom. The van der Waals surface area contributed by atoms with Gasteiger partial charge in [0, 0.05) is 12.4 Å². The minimum Gasteiger partial charge on any atom is -0.480 e. The molecule has 0 bridgehead atoms. The van der Waals surface area contributed by atoms with Gasteiger partial charge in [-0.1, -0.05) is 0 Å². The first-order valence-corrected chi connectivity index (χ1v) is 4.99. The van der Waals surface area contributed by atoms with Gasteiger partial charge in [-0.25, -0.2) is 15.0 Å². The van der Waals surface area contributed by atoms with E-state index in [1.54, 1.807) is 25.6 Å². The maximum Gasteiger partial charge on any atom is 0.319 e. The fourth-order valence-electron chi connectivity index (χ4n) is 1.39. The van der Waals surface area contributed by atoms with Crippen LogP contribution in [0.15, 0.2) is 18.5 Å². The Labute approximate surface area is 98.7 Å². The number of aryl methyl sites for hydroxylation is 1. The van der Waals surface area contributed by atoms with Gasteiger partial charge in [0.25, 0.3) is 0 Å². The van der Waals surface area contributed by atoms with Gasteiger partial charge >= 0.3 is 6.01 Å². The van der Waals surface area contributed by atoms with Crippen LogP contribution in [0.5, 0.6) is 11.9 Å². The van der Waals surface area contributed by atoms with E-state index in [1.807, 2.05) is 6.92 Å². The minimum absolute atomic E-state index is 0.261. The van der Waals surface area contributed by atoms with Crippen molar-refractivity contribution in [1.29, 1.82) is 0 Å². The minimum atomic E-state index is 0.261. The molecule has 0 radical (unpaired) electrons. The molecule has 0 aliphatic carbocycles. The Kier molecular flexibility index (Phi) is 3.13. The van der Waals surface area contributed by atoms with E-state index in [-0.39, 0.29) is 6.01 Å². The predicted molar refractivity (Wildman–Crippen MR) is 60.9 cm³/mol. The second kappa shape index (κ2) is 4.73. The first-order valence-electron chi connectivity index (χ1n) is 4.99. The average Bonchev–Trinajstić information content (AvgIpc) is 2.38. The smallest absolute Gasteiger partial charge is 0.319 e. The fraction of sp³-hybridized carbons (Fsp3) is 0.273. The first-order chi connectivity index (χ1) is 8.24. The van der Waals surface area contributed by atoms with Crippen LogP contribution in [0.3, 0.4) is 0 Å². The van der Waals surface area contributed by atoms with Crippen molar-refractivity contribution in [3.8, 4) is 23.1 Å². The monoisotopic (exact) mass is 232 g/mol. The molecule has 0 aliphatic heterocycles. The highest BCUT2D eigenvalue weighted by Gasteiger charge is 2.11. The van der Waals surface area contributed by atoms with Gasteiger partial charge in [0.1, 0.15) is 5.82 Å². The first kappa shape index (κ1) is 11.3. The third-order valence-electron chi connectivity index (χ3n) is 2.16. The van der Waals surface area contributed by atoms with Crippen molar-refractivity contribution in [3.05, 3.63) is 24.3 Å². The quantitative estimate of drug-likeness (QED) is 0.793. The molecule has 0 fully saturated rings. The number of nitrogens with zero attached hydrogens (tertiary/aromatic N) is 4. The number of aromatic nitrogens is 4. The van der Waals surface area contributed by atoms with E-state index in [0.29, 0.717) is 17.3 Å². The lowest BCUT2D eigenvalue weighted by Gasteiger charge is -2.07. The number of hydrogen-bond acceptors (Lipinski definition) is 6. The summed E-state index contributed by atoms with van der Waals surface area (Å²) in [7, 11) is 3.04. The molecule has 0 aliphatic rings. The number of methoxy groups -OCH3 is 2. The van der Waals surface area contributed by atoms with Crippen LogP contribution in [0, 0.1) is 6.92 Å². The van der Waals surface area contributed by atoms with Crippen molar-refractivity contribution in [1.82, 2.24) is 19.9 Å². The standard InChI is InChI=1S/C11H12N4O2/c1-7-12-5-4-9(14-7)8-6-13-11(17-3)15-10(8)16-2/h4-6H,1-3H3. The largest absolute Gasteiger partial charge is 0.480 e. The Bertz CT molecular complexity index is 531. The Morgan fingerprint density at radius 1 is 1.06 bits per heavy atom. The van der Waals surface area contributed by atoms with Crippen LogP contribution >= 0.6 is 0 Å². The maximum absolute atomic E-state index is 5.19. The van der Waals surface area contributed by atoms with Crippen LogP contribution in [0.4, 0.5) is 0 Å². The Balaban J connectivity index is 2.51. The van der Waals surface area contributed by atoms with Crippen LogP contribution < -0.4 is 9.47 Å². The van der Waals surface area contributed by atoms with Crippen LogP contribution in [-0.2, 0) is 0 Å². The highest BCUT2D eigenvalue weighted by atomic mass is 16.5. The van der Waals surface area contributed by atoms with Crippen LogP contribution in [0.1, 0.15) is 5.82 Å². The van der Waals surface area contributed by atoms with Crippen molar-refractivity contribution in [3.63, 3.8) is 0 Å². The second-order valence-electron chi connectivity index (χ2n) is 3.27. The molecule has 0 amide bonds. The van der Waals surface area contributed by atoms with E-state index in [2.05, 4.69) is 19.9 Å². The molecular weight excluding hydrogens is 220 g/mol. The highest BCUT2D eigenvalue weighted by molar-refractivity contribution is 5.63. The number of hydrogen-bond donors (Lipinski definition) is 0. The van der Waals surface area contributed by atoms with E-state index in [9.17, 15) is 0 Å². The van der Waals surface area contributed by atoms with Gasteiger partial charge in [-0.3, -0.25) is 0 Å². The zero-order valence-electron chi connectivity index (χ0n) is 9.84. The normalized spacial score (nSPS) is 10.1. The van der Waals surface area contributed by atoms with Gasteiger partial charge in [-0.2, -0.15) is 4.98 Å². The Morgan fingerprint density at radius 3 is 2.53 bits per heavy atom. The molecule has 2 rings (SSSR count). The van der Waals surface area contributed by atoms with Gasteiger partial charge < -0.3 is 9.47 Å². The summed E-state index contributed by atoms with van der Waals surface area (Å²) in [5.74, 6) is 1.11. The van der Waals surface area contributed by atoms with Crippen molar-refractivity contribution >= 4 is 0 Å². The summed E-state index contributed by atoms with van der Waals surface area (Å²) in [5, 5.41) is 0. The van der Waals surface area contributed by atoms with Crippen LogP contribution in [-0.4, -0.2) is 34.2 Å². The molecule has 2 aromatic rings. The summed E-state index contributed by atoms with van der Waals surface area (Å²) < 4.78 is 10.1. The molecular formula is C11H12N4O2. The molecule has 0 aromatic carbocycles. The molecule has 0 saturated carbocycles. The van der Waals surface area contributed by atoms with Gasteiger partial charge in [0.05, 0.1) is 25.5 Å². The highest BCUT2D eigenvalue weighted by Crippen LogP contribution is 2.26. The van der Waals surface area contributed by atoms with Crippen molar-refractivity contribution < 1.29 is 9.47 Å². The third-order valence-corrected chi connectivity index (χ3v) is 2.16. The molecule has 0 unspecified atom stereocenters. The van der Waals surface area contributed by atoms with Crippen molar-refractivity contribution in [2.75, 3.05) is 14.2 Å². The molecule has 2 heterocycles. The van der Waals surface area contributed by atoms with E-state index >= 15 is 0 Å². The molecule has 88 valence electrons. The summed E-state index contributed by atoms with van der Waals surface area (Å²) in [5.41, 5.74) is 1.43. The van der Waals surface area contributed by atoms with Gasteiger partial charge in [-0.05, 0) is 13.0 Å². The molecule has 6 nitrogen and oxygen atoms in total. The topological polar surface area (TPSA) is 70.0 Å². The maximum atomic E-state index is 5.19. The summed E-state index contributed by atoms with van der Waals surface area (Å²) in [6, 6.07) is 2.04. The summed E-state index contributed by atoms with van der Waals surface area (Å²) in [4.78, 5) is 16.5. The SMILES string of the molecule is COc1ncc(-c2ccnc(C)n2)c(OC)n1. The summed E-state index contributed by atoms with van der Waals surface area (Å²) in [6.07, 6.45) is 3.30. The molecule has 17 heavy (non-hydrogen) atoms. The fourth-order valence-corrected chi connectivity index (χ4v) is 1.39. The molecule has 6 heteroatoms. The van der Waals surface area contributed by atoms with Gasteiger partial charge in [0.15, 0.2) is 0 Å². The van der Waals surface area contributed by atoms with E-state index < -0.39 is 0 Å². The molecule has 0 atom stereocenters. The zero-order valence-corrected chi connectivity index (χ0v) is 9.84. The summed E-state index contributed by atoms with van der Waals surface area (Å²) in [6.45, 7) is 1.82. The van der Waals surface area contributed by atoms with Crippen molar-refractivity contribution in [2.24, 2.45) is 0 Å². The van der Waals surface area contributed by atoms with Crippen LogP contribution in [0.2, 0.25) is 0 Å². The number of ether oxygens (including phenoxy) is 2. The third kappa shape index (κ3) is 2.30. The Hall–Kier alpha value is -2.24. The van der Waals surface area contributed by atoms with E-state index in [4.69, 9.17) is 9.47 Å². The molecule has 0 spiro atoms. The summed E-state index contributed by atoms with van der Waals surface area (Å²) >= 11 is 0. The molecule has 2 aromatic heterocycles. The van der Waals surface area contributed by atoms with Crippen LogP contribution in [0.25, 0.3) is 11.3 Å². The van der Waals surface area contributed by atoms with E-state index in [1.165, 1.54) is 7.11 Å². The lowest BCUT2D eigenvalue weighted by atomic mass is 10.2. The number of rotatable bonds is 3. The van der Waals surface area contributed by atoms with Gasteiger partial charge in [-0.15, -0.1) is 0 Å². The zero-order chi connectivity index (χ0) is 12.3. The molecule has 0 N–H and O–H groups in total. The average molecular weight is 232 g/mol. The van der Waals surface area contributed by atoms with Crippen molar-refractivity contribution in [2.45, 2.75) is 6.92 Å². The lowest BCUT2D eigenvalue weighted by Crippen LogP contribution is -1.99. The lowest BCUT2D eigenvalue weighted by molar-refractivity contribution is 0.353. The van der Waals surface area contributed by atoms with Gasteiger partial charge in [0.2, 0.25) is 5.88 Å².